The lowest BCUT2D eigenvalue weighted by Crippen LogP contribution is -2.63. The summed E-state index contributed by atoms with van der Waals surface area (Å²) < 4.78 is 39.6. The number of amides is 2. The van der Waals surface area contributed by atoms with Gasteiger partial charge >= 0.3 is 0 Å². The number of aromatic nitrogens is 1. The third kappa shape index (κ3) is 3.33. The highest BCUT2D eigenvalue weighted by molar-refractivity contribution is 5.99. The number of benzene rings is 1. The standard InChI is InChI=1S/C21H19F2N3O6/c22-11-2-1-10(15(23)3-11)5-24-20(29)14-6-25-7-16-26(12-4-13(32-16)9-31-8-12)21(30)17(25)19(28)18(14)27/h1-3,6,12-13,16,28H,4-5,7-9H2,(H,24,29). The summed E-state index contributed by atoms with van der Waals surface area (Å²) in [7, 11) is 0. The van der Waals surface area contributed by atoms with Crippen molar-refractivity contribution in [3.63, 3.8) is 0 Å². The first-order chi connectivity index (χ1) is 15.3. The quantitative estimate of drug-likeness (QED) is 0.718. The summed E-state index contributed by atoms with van der Waals surface area (Å²) in [4.78, 5) is 39.8. The fraction of sp³-hybridized carbons (Fsp3) is 0.381. The third-order valence-corrected chi connectivity index (χ3v) is 5.95. The maximum absolute atomic E-state index is 13.8. The van der Waals surface area contributed by atoms with E-state index in [-0.39, 0.29) is 36.5 Å². The van der Waals surface area contributed by atoms with Crippen LogP contribution in [-0.2, 0) is 22.6 Å². The Morgan fingerprint density at radius 2 is 2.06 bits per heavy atom. The number of nitrogens with zero attached hydrogens (tertiary/aromatic N) is 2. The SMILES string of the molecule is O=C(NCc1ccc(F)cc1F)c1cn2c(c(O)c1=O)C(=O)N1C3COCC(C3)OC1C2. The predicted molar refractivity (Wildman–Crippen MR) is 104 cm³/mol. The Labute approximate surface area is 180 Å². The molecule has 11 heteroatoms. The van der Waals surface area contributed by atoms with Crippen LogP contribution in [0.25, 0.3) is 0 Å². The fourth-order valence-electron chi connectivity index (χ4n) is 4.42. The van der Waals surface area contributed by atoms with Crippen molar-refractivity contribution in [1.29, 1.82) is 0 Å². The van der Waals surface area contributed by atoms with E-state index in [0.717, 1.165) is 6.07 Å². The second kappa shape index (κ2) is 7.68. The molecule has 2 bridgehead atoms. The molecule has 4 heterocycles. The van der Waals surface area contributed by atoms with E-state index < -0.39 is 46.4 Å². The summed E-state index contributed by atoms with van der Waals surface area (Å²) in [6, 6.07) is 2.68. The minimum atomic E-state index is -1.02. The highest BCUT2D eigenvalue weighted by Gasteiger charge is 2.46. The number of carbonyl (C=O) groups excluding carboxylic acids is 2. The van der Waals surface area contributed by atoms with Crippen LogP contribution in [0, 0.1) is 11.6 Å². The first-order valence-electron chi connectivity index (χ1n) is 10.1. The Kier molecular flexibility index (Phi) is 4.94. The van der Waals surface area contributed by atoms with Crippen molar-refractivity contribution >= 4 is 11.8 Å². The first-order valence-corrected chi connectivity index (χ1v) is 10.1. The maximum atomic E-state index is 13.8. The molecule has 0 spiro atoms. The van der Waals surface area contributed by atoms with Gasteiger partial charge in [-0.3, -0.25) is 14.4 Å². The van der Waals surface area contributed by atoms with E-state index >= 15 is 0 Å². The summed E-state index contributed by atoms with van der Waals surface area (Å²) in [5, 5.41) is 12.9. The van der Waals surface area contributed by atoms with Crippen molar-refractivity contribution in [1.82, 2.24) is 14.8 Å². The Balaban J connectivity index is 1.43. The molecule has 0 aliphatic carbocycles. The molecular formula is C21H19F2N3O6. The lowest BCUT2D eigenvalue weighted by atomic mass is 10.0. The van der Waals surface area contributed by atoms with Gasteiger partial charge in [0.25, 0.3) is 11.8 Å². The van der Waals surface area contributed by atoms with Crippen LogP contribution in [0.15, 0.2) is 29.2 Å². The van der Waals surface area contributed by atoms with Crippen molar-refractivity contribution in [2.45, 2.75) is 37.9 Å². The Hall–Kier alpha value is -3.31. The number of aromatic hydroxyl groups is 1. The zero-order valence-corrected chi connectivity index (χ0v) is 16.7. The third-order valence-electron chi connectivity index (χ3n) is 5.95. The molecule has 2 saturated heterocycles. The zero-order chi connectivity index (χ0) is 22.6. The minimum absolute atomic E-state index is 0.0252. The Bertz CT molecular complexity index is 1180. The van der Waals surface area contributed by atoms with E-state index in [0.29, 0.717) is 25.7 Å². The van der Waals surface area contributed by atoms with Gasteiger partial charge in [0.05, 0.1) is 31.9 Å². The highest BCUT2D eigenvalue weighted by Crippen LogP contribution is 2.33. The molecule has 0 saturated carbocycles. The van der Waals surface area contributed by atoms with Gasteiger partial charge in [-0.05, 0) is 12.5 Å². The highest BCUT2D eigenvalue weighted by atomic mass is 19.1. The van der Waals surface area contributed by atoms with Gasteiger partial charge in [-0.25, -0.2) is 8.78 Å². The second-order valence-electron chi connectivity index (χ2n) is 7.99. The summed E-state index contributed by atoms with van der Waals surface area (Å²) in [6.45, 7) is 0.585. The molecule has 2 fully saturated rings. The van der Waals surface area contributed by atoms with Crippen LogP contribution >= 0.6 is 0 Å². The van der Waals surface area contributed by atoms with E-state index in [1.807, 2.05) is 0 Å². The largest absolute Gasteiger partial charge is 0.503 e. The number of rotatable bonds is 3. The number of carbonyl (C=O) groups is 2. The minimum Gasteiger partial charge on any atom is -0.503 e. The zero-order valence-electron chi connectivity index (χ0n) is 16.7. The molecule has 2 aromatic rings. The van der Waals surface area contributed by atoms with E-state index in [4.69, 9.17) is 9.47 Å². The Morgan fingerprint density at radius 3 is 2.84 bits per heavy atom. The molecule has 2 amide bonds. The van der Waals surface area contributed by atoms with Crippen LogP contribution in [0.3, 0.4) is 0 Å². The summed E-state index contributed by atoms with van der Waals surface area (Å²) >= 11 is 0. The van der Waals surface area contributed by atoms with Crippen LogP contribution in [0.1, 0.15) is 32.8 Å². The molecule has 32 heavy (non-hydrogen) atoms. The average Bonchev–Trinajstić information content (AvgIpc) is 2.75. The average molecular weight is 447 g/mol. The van der Waals surface area contributed by atoms with E-state index in [9.17, 15) is 28.3 Å². The van der Waals surface area contributed by atoms with Crippen LogP contribution in [0.4, 0.5) is 8.78 Å². The van der Waals surface area contributed by atoms with Gasteiger partial charge in [-0.15, -0.1) is 0 Å². The van der Waals surface area contributed by atoms with Gasteiger partial charge in [0.1, 0.15) is 17.2 Å². The Morgan fingerprint density at radius 1 is 1.25 bits per heavy atom. The fourth-order valence-corrected chi connectivity index (χ4v) is 4.42. The van der Waals surface area contributed by atoms with Gasteiger partial charge in [0.2, 0.25) is 5.43 Å². The molecule has 2 N–H and O–H groups in total. The molecule has 0 radical (unpaired) electrons. The van der Waals surface area contributed by atoms with E-state index in [2.05, 4.69) is 5.32 Å². The molecule has 1 aromatic carbocycles. The van der Waals surface area contributed by atoms with Gasteiger partial charge in [-0.1, -0.05) is 6.07 Å². The predicted octanol–water partition coefficient (Wildman–Crippen LogP) is 0.732. The van der Waals surface area contributed by atoms with Crippen LogP contribution in [0.5, 0.6) is 5.75 Å². The van der Waals surface area contributed by atoms with Crippen LogP contribution < -0.4 is 10.7 Å². The molecule has 3 atom stereocenters. The smallest absolute Gasteiger partial charge is 0.276 e. The molecule has 5 rings (SSSR count). The lowest BCUT2D eigenvalue weighted by Gasteiger charge is -2.49. The van der Waals surface area contributed by atoms with Gasteiger partial charge in [0, 0.05) is 24.4 Å². The lowest BCUT2D eigenvalue weighted by molar-refractivity contribution is -0.206. The number of pyridine rings is 1. The summed E-state index contributed by atoms with van der Waals surface area (Å²) in [6.07, 6.45) is 1.01. The number of fused-ring (bicyclic) bond motifs is 5. The summed E-state index contributed by atoms with van der Waals surface area (Å²) in [5.74, 6) is -3.88. The van der Waals surface area contributed by atoms with Gasteiger partial charge < -0.3 is 29.4 Å². The summed E-state index contributed by atoms with van der Waals surface area (Å²) in [5.41, 5.74) is -1.62. The van der Waals surface area contributed by atoms with E-state index in [1.165, 1.54) is 21.7 Å². The number of nitrogens with one attached hydrogen (secondary N) is 1. The molecule has 3 aliphatic rings. The molecular weight excluding hydrogens is 428 g/mol. The van der Waals surface area contributed by atoms with Crippen molar-refractivity contribution in [2.75, 3.05) is 13.2 Å². The van der Waals surface area contributed by atoms with Crippen molar-refractivity contribution < 1.29 is 33.0 Å². The molecule has 168 valence electrons. The molecule has 3 aliphatic heterocycles. The molecule has 9 nitrogen and oxygen atoms in total. The van der Waals surface area contributed by atoms with Gasteiger partial charge in [0.15, 0.2) is 17.7 Å². The maximum Gasteiger partial charge on any atom is 0.276 e. The number of hydrogen-bond acceptors (Lipinski definition) is 6. The first kappa shape index (κ1) is 20.6. The van der Waals surface area contributed by atoms with Crippen molar-refractivity contribution in [3.8, 4) is 5.75 Å². The van der Waals surface area contributed by atoms with Crippen LogP contribution in [0.2, 0.25) is 0 Å². The molecule has 3 unspecified atom stereocenters. The molecule has 1 aromatic heterocycles. The van der Waals surface area contributed by atoms with E-state index in [1.54, 1.807) is 0 Å². The van der Waals surface area contributed by atoms with Crippen LogP contribution in [-0.4, -0.2) is 58.0 Å². The van der Waals surface area contributed by atoms with Crippen molar-refractivity contribution in [2.24, 2.45) is 0 Å². The second-order valence-corrected chi connectivity index (χ2v) is 7.99. The monoisotopic (exact) mass is 447 g/mol. The topological polar surface area (TPSA) is 110 Å². The normalized spacial score (nSPS) is 24.0. The number of hydrogen-bond donors (Lipinski definition) is 2. The van der Waals surface area contributed by atoms with Gasteiger partial charge in [-0.2, -0.15) is 0 Å². The number of halogens is 2. The number of ether oxygens (including phenoxy) is 2. The van der Waals surface area contributed by atoms with Crippen molar-refractivity contribution in [3.05, 3.63) is 63.1 Å².